The highest BCUT2D eigenvalue weighted by molar-refractivity contribution is 5.36. The van der Waals surface area contributed by atoms with Gasteiger partial charge < -0.3 is 10.1 Å². The molecule has 0 saturated carbocycles. The Morgan fingerprint density at radius 2 is 1.67 bits per heavy atom. The van der Waals surface area contributed by atoms with E-state index >= 15 is 0 Å². The second-order valence-corrected chi connectivity index (χ2v) is 5.81. The molecule has 0 aliphatic heterocycles. The lowest BCUT2D eigenvalue weighted by molar-refractivity contribution is 0.306. The molecule has 2 aromatic carbocycles. The molecule has 0 bridgehead atoms. The molecule has 0 aliphatic rings. The number of rotatable bonds is 6. The summed E-state index contributed by atoms with van der Waals surface area (Å²) >= 11 is 0. The van der Waals surface area contributed by atoms with Crippen LogP contribution in [0.15, 0.2) is 42.5 Å². The number of ether oxygens (including phenoxy) is 1. The van der Waals surface area contributed by atoms with Gasteiger partial charge in [-0.3, -0.25) is 0 Å². The van der Waals surface area contributed by atoms with E-state index in [-0.39, 0.29) is 0 Å². The lowest BCUT2D eigenvalue weighted by Gasteiger charge is -2.12. The first kappa shape index (κ1) is 15.6. The van der Waals surface area contributed by atoms with Crippen molar-refractivity contribution in [1.29, 1.82) is 0 Å². The molecule has 0 heterocycles. The van der Waals surface area contributed by atoms with Gasteiger partial charge in [-0.15, -0.1) is 0 Å². The molecule has 2 nitrogen and oxygen atoms in total. The monoisotopic (exact) mass is 283 g/mol. The van der Waals surface area contributed by atoms with Crippen molar-refractivity contribution in [3.63, 3.8) is 0 Å². The van der Waals surface area contributed by atoms with Crippen LogP contribution in [-0.2, 0) is 13.2 Å². The van der Waals surface area contributed by atoms with Crippen LogP contribution in [0.2, 0.25) is 0 Å². The van der Waals surface area contributed by atoms with E-state index in [4.69, 9.17) is 4.74 Å². The van der Waals surface area contributed by atoms with E-state index in [0.29, 0.717) is 12.5 Å². The van der Waals surface area contributed by atoms with Gasteiger partial charge in [0.25, 0.3) is 0 Å². The summed E-state index contributed by atoms with van der Waals surface area (Å²) in [4.78, 5) is 0. The van der Waals surface area contributed by atoms with Crippen molar-refractivity contribution < 1.29 is 4.74 Å². The standard InChI is InChI=1S/C19H25NO/c1-14(2)19-10-9-18(11-15(19)3)21-13-17-7-5-16(6-8-17)12-20-4/h5-11,14,20H,12-13H2,1-4H3. The van der Waals surface area contributed by atoms with Crippen LogP contribution in [0.4, 0.5) is 0 Å². The molecule has 0 spiro atoms. The summed E-state index contributed by atoms with van der Waals surface area (Å²) in [5.41, 5.74) is 5.17. The van der Waals surface area contributed by atoms with E-state index in [1.807, 2.05) is 7.05 Å². The number of hydrogen-bond donors (Lipinski definition) is 1. The van der Waals surface area contributed by atoms with Crippen LogP contribution in [0.1, 0.15) is 42.0 Å². The third-order valence-corrected chi connectivity index (χ3v) is 3.67. The van der Waals surface area contributed by atoms with Crippen molar-refractivity contribution in [1.82, 2.24) is 5.32 Å². The van der Waals surface area contributed by atoms with Gasteiger partial charge in [0.05, 0.1) is 0 Å². The summed E-state index contributed by atoms with van der Waals surface area (Å²) in [6.07, 6.45) is 0. The molecule has 1 N–H and O–H groups in total. The number of aryl methyl sites for hydroxylation is 1. The van der Waals surface area contributed by atoms with Gasteiger partial charge in [0.2, 0.25) is 0 Å². The third kappa shape index (κ3) is 4.33. The highest BCUT2D eigenvalue weighted by Crippen LogP contribution is 2.24. The third-order valence-electron chi connectivity index (χ3n) is 3.67. The minimum absolute atomic E-state index is 0.554. The topological polar surface area (TPSA) is 21.3 Å². The van der Waals surface area contributed by atoms with Crippen LogP contribution >= 0.6 is 0 Å². The summed E-state index contributed by atoms with van der Waals surface area (Å²) in [6, 6.07) is 14.9. The Labute approximate surface area is 128 Å². The fourth-order valence-electron chi connectivity index (χ4n) is 2.51. The average Bonchev–Trinajstić information content (AvgIpc) is 2.46. The van der Waals surface area contributed by atoms with Crippen molar-refractivity contribution in [2.24, 2.45) is 0 Å². The minimum Gasteiger partial charge on any atom is -0.489 e. The molecule has 0 aromatic heterocycles. The van der Waals surface area contributed by atoms with E-state index in [1.54, 1.807) is 0 Å². The van der Waals surface area contributed by atoms with E-state index in [9.17, 15) is 0 Å². The molecule has 112 valence electrons. The second kappa shape index (κ2) is 7.28. The fraction of sp³-hybridized carbons (Fsp3) is 0.368. The van der Waals surface area contributed by atoms with Crippen LogP contribution in [0.25, 0.3) is 0 Å². The number of hydrogen-bond acceptors (Lipinski definition) is 2. The Hall–Kier alpha value is -1.80. The van der Waals surface area contributed by atoms with Gasteiger partial charge in [0.15, 0.2) is 0 Å². The van der Waals surface area contributed by atoms with E-state index in [0.717, 1.165) is 12.3 Å². The normalized spacial score (nSPS) is 10.9. The van der Waals surface area contributed by atoms with Crippen molar-refractivity contribution in [3.8, 4) is 5.75 Å². The zero-order valence-electron chi connectivity index (χ0n) is 13.4. The summed E-state index contributed by atoms with van der Waals surface area (Å²) < 4.78 is 5.89. The lowest BCUT2D eigenvalue weighted by Crippen LogP contribution is -2.05. The molecule has 21 heavy (non-hydrogen) atoms. The summed E-state index contributed by atoms with van der Waals surface area (Å²) in [5.74, 6) is 1.50. The zero-order valence-corrected chi connectivity index (χ0v) is 13.4. The van der Waals surface area contributed by atoms with Crippen LogP contribution in [0, 0.1) is 6.92 Å². The molecule has 0 amide bonds. The van der Waals surface area contributed by atoms with Gasteiger partial charge in [-0.25, -0.2) is 0 Å². The number of nitrogens with one attached hydrogen (secondary N) is 1. The van der Waals surface area contributed by atoms with Gasteiger partial charge in [0.1, 0.15) is 12.4 Å². The Balaban J connectivity index is 1.98. The fourth-order valence-corrected chi connectivity index (χ4v) is 2.51. The molecule has 2 heteroatoms. The summed E-state index contributed by atoms with van der Waals surface area (Å²) in [5, 5.41) is 3.15. The average molecular weight is 283 g/mol. The molecule has 0 unspecified atom stereocenters. The molecular formula is C19H25NO. The largest absolute Gasteiger partial charge is 0.489 e. The molecule has 2 aromatic rings. The molecule has 0 atom stereocenters. The van der Waals surface area contributed by atoms with Gasteiger partial charge in [-0.2, -0.15) is 0 Å². The van der Waals surface area contributed by atoms with Gasteiger partial charge in [0, 0.05) is 6.54 Å². The summed E-state index contributed by atoms with van der Waals surface area (Å²) in [6.45, 7) is 8.09. The van der Waals surface area contributed by atoms with Crippen LogP contribution in [-0.4, -0.2) is 7.05 Å². The Bertz CT molecular complexity index is 573. The van der Waals surface area contributed by atoms with Crippen LogP contribution in [0.3, 0.4) is 0 Å². The van der Waals surface area contributed by atoms with Crippen molar-refractivity contribution in [2.75, 3.05) is 7.05 Å². The molecule has 0 aliphatic carbocycles. The first-order chi connectivity index (χ1) is 10.1. The van der Waals surface area contributed by atoms with Crippen LogP contribution in [0.5, 0.6) is 5.75 Å². The predicted octanol–water partition coefficient (Wildman–Crippen LogP) is 4.42. The maximum absolute atomic E-state index is 5.89. The van der Waals surface area contributed by atoms with Crippen molar-refractivity contribution >= 4 is 0 Å². The van der Waals surface area contributed by atoms with Crippen molar-refractivity contribution in [3.05, 3.63) is 64.7 Å². The number of benzene rings is 2. The molecule has 0 saturated heterocycles. The van der Waals surface area contributed by atoms with Crippen molar-refractivity contribution in [2.45, 2.75) is 39.8 Å². The highest BCUT2D eigenvalue weighted by Gasteiger charge is 2.05. The summed E-state index contributed by atoms with van der Waals surface area (Å²) in [7, 11) is 1.96. The van der Waals surface area contributed by atoms with Crippen LogP contribution < -0.4 is 10.1 Å². The Morgan fingerprint density at radius 3 is 2.24 bits per heavy atom. The van der Waals surface area contributed by atoms with E-state index < -0.39 is 0 Å². The Morgan fingerprint density at radius 1 is 1.00 bits per heavy atom. The van der Waals surface area contributed by atoms with E-state index in [1.165, 1.54) is 22.3 Å². The van der Waals surface area contributed by atoms with E-state index in [2.05, 4.69) is 68.6 Å². The Kier molecular flexibility index (Phi) is 5.40. The maximum Gasteiger partial charge on any atom is 0.120 e. The molecule has 0 radical (unpaired) electrons. The zero-order chi connectivity index (χ0) is 15.2. The SMILES string of the molecule is CNCc1ccc(COc2ccc(C(C)C)c(C)c2)cc1. The van der Waals surface area contributed by atoms with Gasteiger partial charge in [-0.05, 0) is 54.3 Å². The first-order valence-electron chi connectivity index (χ1n) is 7.56. The second-order valence-electron chi connectivity index (χ2n) is 5.81. The molecule has 0 fully saturated rings. The first-order valence-corrected chi connectivity index (χ1v) is 7.56. The smallest absolute Gasteiger partial charge is 0.120 e. The predicted molar refractivity (Wildman–Crippen MR) is 88.8 cm³/mol. The van der Waals surface area contributed by atoms with Gasteiger partial charge >= 0.3 is 0 Å². The van der Waals surface area contributed by atoms with Gasteiger partial charge in [-0.1, -0.05) is 44.2 Å². The minimum atomic E-state index is 0.554. The lowest BCUT2D eigenvalue weighted by atomic mass is 9.98. The maximum atomic E-state index is 5.89. The quantitative estimate of drug-likeness (QED) is 0.847. The molecule has 2 rings (SSSR count). The molecular weight excluding hydrogens is 258 g/mol. The highest BCUT2D eigenvalue weighted by atomic mass is 16.5.